The second kappa shape index (κ2) is 6.41. The highest BCUT2D eigenvalue weighted by atomic mass is 32.2. The maximum absolute atomic E-state index is 12.8. The molecule has 0 aliphatic carbocycles. The van der Waals surface area contributed by atoms with E-state index in [0.717, 1.165) is 5.39 Å². The number of benzene rings is 3. The van der Waals surface area contributed by atoms with E-state index in [1.54, 1.807) is 18.2 Å². The summed E-state index contributed by atoms with van der Waals surface area (Å²) in [6.07, 6.45) is 0. The second-order valence-electron chi connectivity index (χ2n) is 5.19. The lowest BCUT2D eigenvalue weighted by molar-refractivity contribution is 0.344. The number of phenolic OH excluding ortho intramolecular Hbond substituents is 1. The molecular formula is C18H17NO4S. The van der Waals surface area contributed by atoms with Crippen LogP contribution in [0.1, 0.15) is 6.92 Å². The largest absolute Gasteiger partial charge is 0.508 e. The first kappa shape index (κ1) is 16.1. The monoisotopic (exact) mass is 343 g/mol. The minimum Gasteiger partial charge on any atom is -0.508 e. The molecule has 0 heterocycles. The van der Waals surface area contributed by atoms with Crippen molar-refractivity contribution in [2.75, 3.05) is 11.3 Å². The van der Waals surface area contributed by atoms with Crippen LogP contribution in [0, 0.1) is 0 Å². The van der Waals surface area contributed by atoms with Gasteiger partial charge in [0, 0.05) is 16.5 Å². The van der Waals surface area contributed by atoms with Crippen molar-refractivity contribution in [2.24, 2.45) is 0 Å². The molecule has 0 fully saturated rings. The Morgan fingerprint density at radius 3 is 2.29 bits per heavy atom. The summed E-state index contributed by atoms with van der Waals surface area (Å²) in [5, 5.41) is 10.6. The number of anilines is 1. The van der Waals surface area contributed by atoms with E-state index in [1.165, 1.54) is 30.3 Å². The van der Waals surface area contributed by atoms with Gasteiger partial charge in [-0.2, -0.15) is 0 Å². The summed E-state index contributed by atoms with van der Waals surface area (Å²) < 4.78 is 33.6. The summed E-state index contributed by atoms with van der Waals surface area (Å²) >= 11 is 0. The van der Waals surface area contributed by atoms with E-state index in [-0.39, 0.29) is 10.6 Å². The average Bonchev–Trinajstić information content (AvgIpc) is 2.57. The van der Waals surface area contributed by atoms with Gasteiger partial charge in [-0.25, -0.2) is 8.42 Å². The summed E-state index contributed by atoms with van der Waals surface area (Å²) in [6.45, 7) is 2.38. The van der Waals surface area contributed by atoms with Crippen molar-refractivity contribution in [3.63, 3.8) is 0 Å². The first-order valence-corrected chi connectivity index (χ1v) is 8.96. The Kier molecular flexibility index (Phi) is 4.31. The zero-order valence-electron chi connectivity index (χ0n) is 13.1. The van der Waals surface area contributed by atoms with Crippen molar-refractivity contribution < 1.29 is 18.3 Å². The lowest BCUT2D eigenvalue weighted by Gasteiger charge is -2.13. The zero-order valence-corrected chi connectivity index (χ0v) is 13.9. The Balaban J connectivity index is 2.08. The SMILES string of the molecule is CCOc1ccc(S(=O)(=O)Nc2ccc(O)cc2)c2ccccc12. The number of sulfonamides is 1. The Hall–Kier alpha value is -2.73. The summed E-state index contributed by atoms with van der Waals surface area (Å²) in [7, 11) is -3.77. The van der Waals surface area contributed by atoms with Crippen LogP contribution in [0.4, 0.5) is 5.69 Å². The van der Waals surface area contributed by atoms with E-state index in [2.05, 4.69) is 4.72 Å². The number of ether oxygens (including phenoxy) is 1. The van der Waals surface area contributed by atoms with E-state index in [9.17, 15) is 13.5 Å². The highest BCUT2D eigenvalue weighted by Gasteiger charge is 2.19. The van der Waals surface area contributed by atoms with Gasteiger partial charge in [0.25, 0.3) is 10.0 Å². The Morgan fingerprint density at radius 2 is 1.62 bits per heavy atom. The van der Waals surface area contributed by atoms with E-state index < -0.39 is 10.0 Å². The first-order valence-electron chi connectivity index (χ1n) is 7.47. The summed E-state index contributed by atoms with van der Waals surface area (Å²) in [6, 6.07) is 16.3. The lowest BCUT2D eigenvalue weighted by Crippen LogP contribution is -2.13. The van der Waals surface area contributed by atoms with Gasteiger partial charge in [0.05, 0.1) is 11.5 Å². The van der Waals surface area contributed by atoms with Crippen molar-refractivity contribution >= 4 is 26.5 Å². The van der Waals surface area contributed by atoms with Gasteiger partial charge in [0.2, 0.25) is 0 Å². The fourth-order valence-electron chi connectivity index (χ4n) is 2.50. The van der Waals surface area contributed by atoms with Crippen molar-refractivity contribution in [3.05, 3.63) is 60.7 Å². The quantitative estimate of drug-likeness (QED) is 0.692. The highest BCUT2D eigenvalue weighted by molar-refractivity contribution is 7.93. The molecule has 0 aliphatic rings. The molecule has 0 spiro atoms. The third kappa shape index (κ3) is 3.14. The molecule has 124 valence electrons. The standard InChI is InChI=1S/C18H17NO4S/c1-2-23-17-11-12-18(16-6-4-3-5-15(16)17)24(21,22)19-13-7-9-14(20)10-8-13/h3-12,19-20H,2H2,1H3. The van der Waals surface area contributed by atoms with Crippen LogP contribution in [0.3, 0.4) is 0 Å². The molecule has 0 bridgehead atoms. The molecule has 6 heteroatoms. The molecule has 2 N–H and O–H groups in total. The van der Waals surface area contributed by atoms with Crippen molar-refractivity contribution in [1.82, 2.24) is 0 Å². The zero-order chi connectivity index (χ0) is 17.2. The summed E-state index contributed by atoms with van der Waals surface area (Å²) in [4.78, 5) is 0.176. The number of nitrogens with one attached hydrogen (secondary N) is 1. The Bertz CT molecular complexity index is 966. The van der Waals surface area contributed by atoms with E-state index in [1.807, 2.05) is 19.1 Å². The summed E-state index contributed by atoms with van der Waals surface area (Å²) in [5.41, 5.74) is 0.380. The minimum absolute atomic E-state index is 0.0736. The molecule has 0 amide bonds. The highest BCUT2D eigenvalue weighted by Crippen LogP contribution is 2.32. The van der Waals surface area contributed by atoms with Crippen LogP contribution in [0.5, 0.6) is 11.5 Å². The number of hydrogen-bond donors (Lipinski definition) is 2. The smallest absolute Gasteiger partial charge is 0.262 e. The average molecular weight is 343 g/mol. The van der Waals surface area contributed by atoms with Crippen LogP contribution in [0.15, 0.2) is 65.6 Å². The fourth-order valence-corrected chi connectivity index (χ4v) is 3.77. The topological polar surface area (TPSA) is 75.6 Å². The van der Waals surface area contributed by atoms with Gasteiger partial charge in [-0.1, -0.05) is 24.3 Å². The van der Waals surface area contributed by atoms with E-state index in [0.29, 0.717) is 23.4 Å². The third-order valence-electron chi connectivity index (χ3n) is 3.55. The predicted octanol–water partition coefficient (Wildman–Crippen LogP) is 3.74. The van der Waals surface area contributed by atoms with Crippen LogP contribution < -0.4 is 9.46 Å². The molecule has 0 aliphatic heterocycles. The van der Waals surface area contributed by atoms with Crippen molar-refractivity contribution in [1.29, 1.82) is 0 Å². The molecule has 3 rings (SSSR count). The molecule has 0 atom stereocenters. The molecule has 0 saturated heterocycles. The van der Waals surface area contributed by atoms with Gasteiger partial charge in [-0.3, -0.25) is 4.72 Å². The Morgan fingerprint density at radius 1 is 0.958 bits per heavy atom. The molecule has 3 aromatic rings. The van der Waals surface area contributed by atoms with Gasteiger partial charge in [0.15, 0.2) is 0 Å². The van der Waals surface area contributed by atoms with Gasteiger partial charge in [-0.15, -0.1) is 0 Å². The van der Waals surface area contributed by atoms with Crippen LogP contribution in [-0.4, -0.2) is 20.1 Å². The minimum atomic E-state index is -3.77. The summed E-state index contributed by atoms with van der Waals surface area (Å²) in [5.74, 6) is 0.723. The van der Waals surface area contributed by atoms with Crippen LogP contribution in [0.2, 0.25) is 0 Å². The predicted molar refractivity (Wildman–Crippen MR) is 94.0 cm³/mol. The number of hydrogen-bond acceptors (Lipinski definition) is 4. The van der Waals surface area contributed by atoms with E-state index >= 15 is 0 Å². The second-order valence-corrected chi connectivity index (χ2v) is 6.84. The normalized spacial score (nSPS) is 11.4. The maximum Gasteiger partial charge on any atom is 0.262 e. The van der Waals surface area contributed by atoms with Crippen LogP contribution >= 0.6 is 0 Å². The molecular weight excluding hydrogens is 326 g/mol. The molecule has 0 unspecified atom stereocenters. The number of rotatable bonds is 5. The number of phenols is 1. The maximum atomic E-state index is 12.8. The van der Waals surface area contributed by atoms with Gasteiger partial charge in [0.1, 0.15) is 11.5 Å². The Labute approximate surface area is 140 Å². The van der Waals surface area contributed by atoms with Crippen LogP contribution in [-0.2, 0) is 10.0 Å². The van der Waals surface area contributed by atoms with Crippen molar-refractivity contribution in [2.45, 2.75) is 11.8 Å². The molecule has 0 aromatic heterocycles. The van der Waals surface area contributed by atoms with Gasteiger partial charge < -0.3 is 9.84 Å². The van der Waals surface area contributed by atoms with E-state index in [4.69, 9.17) is 4.74 Å². The molecule has 3 aromatic carbocycles. The number of aromatic hydroxyl groups is 1. The van der Waals surface area contributed by atoms with Crippen molar-refractivity contribution in [3.8, 4) is 11.5 Å². The molecule has 5 nitrogen and oxygen atoms in total. The fraction of sp³-hybridized carbons (Fsp3) is 0.111. The first-order chi connectivity index (χ1) is 11.5. The molecule has 24 heavy (non-hydrogen) atoms. The lowest BCUT2D eigenvalue weighted by atomic mass is 10.1. The third-order valence-corrected chi connectivity index (χ3v) is 4.99. The molecule has 0 radical (unpaired) electrons. The van der Waals surface area contributed by atoms with Gasteiger partial charge >= 0.3 is 0 Å². The number of fused-ring (bicyclic) bond motifs is 1. The van der Waals surface area contributed by atoms with Gasteiger partial charge in [-0.05, 0) is 43.3 Å². The van der Waals surface area contributed by atoms with Crippen LogP contribution in [0.25, 0.3) is 10.8 Å². The molecule has 0 saturated carbocycles.